The van der Waals surface area contributed by atoms with Crippen LogP contribution in [0.2, 0.25) is 0 Å². The molecule has 4 nitrogen and oxygen atoms in total. The van der Waals surface area contributed by atoms with Crippen LogP contribution in [-0.4, -0.2) is 26.3 Å². The van der Waals surface area contributed by atoms with Crippen LogP contribution in [0.3, 0.4) is 0 Å². The van der Waals surface area contributed by atoms with Gasteiger partial charge in [-0.15, -0.1) is 10.2 Å². The summed E-state index contributed by atoms with van der Waals surface area (Å²) in [5.41, 5.74) is 3.63. The number of benzene rings is 1. The molecule has 2 aromatic rings. The Bertz CT molecular complexity index is 792. The zero-order chi connectivity index (χ0) is 17.4. The number of carbonyl (C=O) groups is 1. The third-order valence-electron chi connectivity index (χ3n) is 5.12. The van der Waals surface area contributed by atoms with E-state index in [2.05, 4.69) is 40.7 Å². The molecule has 0 amide bonds. The summed E-state index contributed by atoms with van der Waals surface area (Å²) in [7, 11) is 0. The maximum absolute atomic E-state index is 12.7. The van der Waals surface area contributed by atoms with Gasteiger partial charge in [0, 0.05) is 17.5 Å². The number of aryl methyl sites for hydroxylation is 2. The first-order chi connectivity index (χ1) is 12.1. The van der Waals surface area contributed by atoms with Crippen molar-refractivity contribution in [2.24, 2.45) is 0 Å². The van der Waals surface area contributed by atoms with Crippen molar-refractivity contribution in [2.75, 3.05) is 5.75 Å². The van der Waals surface area contributed by atoms with Crippen LogP contribution in [0.15, 0.2) is 23.4 Å². The average Bonchev–Trinajstić information content (AvgIpc) is 3.38. The van der Waals surface area contributed by atoms with Crippen LogP contribution < -0.4 is 0 Å². The number of hydrogen-bond acceptors (Lipinski definition) is 4. The Labute approximate surface area is 153 Å². The number of Topliss-reactive ketones (excluding diaryl/α,β-unsaturated/α-hetero) is 1. The van der Waals surface area contributed by atoms with Gasteiger partial charge in [0.05, 0.1) is 5.75 Å². The van der Waals surface area contributed by atoms with E-state index in [0.717, 1.165) is 29.4 Å². The molecule has 0 aliphatic heterocycles. The zero-order valence-corrected chi connectivity index (χ0v) is 15.8. The second-order valence-corrected chi connectivity index (χ2v) is 8.44. The summed E-state index contributed by atoms with van der Waals surface area (Å²) in [6, 6.07) is 6.80. The average molecular weight is 356 g/mol. The lowest BCUT2D eigenvalue weighted by molar-refractivity contribution is 0.102. The monoisotopic (exact) mass is 355 g/mol. The lowest BCUT2D eigenvalue weighted by atomic mass is 9.90. The number of hydrogen-bond donors (Lipinski definition) is 0. The molecular weight excluding hydrogens is 330 g/mol. The third-order valence-corrected chi connectivity index (χ3v) is 6.07. The van der Waals surface area contributed by atoms with Crippen LogP contribution in [0.4, 0.5) is 0 Å². The summed E-state index contributed by atoms with van der Waals surface area (Å²) >= 11 is 1.53. The largest absolute Gasteiger partial charge is 0.303 e. The molecule has 1 aromatic carbocycles. The maximum atomic E-state index is 12.7. The Morgan fingerprint density at radius 1 is 1.20 bits per heavy atom. The summed E-state index contributed by atoms with van der Waals surface area (Å²) in [5.74, 6) is 2.03. The van der Waals surface area contributed by atoms with Gasteiger partial charge in [0.25, 0.3) is 0 Å². The van der Waals surface area contributed by atoms with Gasteiger partial charge in [-0.3, -0.25) is 4.79 Å². The molecule has 1 aromatic heterocycles. The summed E-state index contributed by atoms with van der Waals surface area (Å²) in [5, 5.41) is 9.62. The first-order valence-corrected chi connectivity index (χ1v) is 10.3. The predicted octanol–water partition coefficient (Wildman–Crippen LogP) is 4.59. The van der Waals surface area contributed by atoms with Gasteiger partial charge in [0.1, 0.15) is 5.82 Å². The highest BCUT2D eigenvalue weighted by Gasteiger charge is 2.30. The number of thioether (sulfide) groups is 1. The number of nitrogens with zero attached hydrogens (tertiary/aromatic N) is 3. The molecule has 2 aliphatic rings. The van der Waals surface area contributed by atoms with Crippen LogP contribution in [-0.2, 0) is 12.8 Å². The highest BCUT2D eigenvalue weighted by Crippen LogP contribution is 2.40. The van der Waals surface area contributed by atoms with Crippen molar-refractivity contribution in [1.29, 1.82) is 0 Å². The molecule has 5 heteroatoms. The number of rotatable bonds is 6. The Kier molecular flexibility index (Phi) is 4.67. The van der Waals surface area contributed by atoms with Crippen molar-refractivity contribution in [1.82, 2.24) is 14.8 Å². The summed E-state index contributed by atoms with van der Waals surface area (Å²) in [6.45, 7) is 4.30. The van der Waals surface area contributed by atoms with Crippen LogP contribution in [0.5, 0.6) is 0 Å². The first kappa shape index (κ1) is 16.8. The molecule has 0 unspecified atom stereocenters. The molecule has 0 spiro atoms. The van der Waals surface area contributed by atoms with Crippen molar-refractivity contribution >= 4 is 17.5 Å². The van der Waals surface area contributed by atoms with Gasteiger partial charge in [-0.2, -0.15) is 0 Å². The molecule has 25 heavy (non-hydrogen) atoms. The Morgan fingerprint density at radius 3 is 2.68 bits per heavy atom. The second kappa shape index (κ2) is 6.94. The number of ketones is 1. The molecule has 0 saturated heterocycles. The molecule has 1 fully saturated rings. The van der Waals surface area contributed by atoms with Crippen LogP contribution in [0, 0.1) is 0 Å². The molecule has 2 aliphatic carbocycles. The minimum absolute atomic E-state index is 0.190. The fraction of sp³-hybridized carbons (Fsp3) is 0.550. The summed E-state index contributed by atoms with van der Waals surface area (Å²) in [4.78, 5) is 12.7. The molecule has 0 radical (unpaired) electrons. The van der Waals surface area contributed by atoms with E-state index in [1.54, 1.807) is 0 Å². The van der Waals surface area contributed by atoms with E-state index in [9.17, 15) is 4.79 Å². The Balaban J connectivity index is 1.47. The zero-order valence-electron chi connectivity index (χ0n) is 15.0. The SMILES string of the molecule is CC(C)c1nnc(SCC(=O)c2ccc3c(c2)CCCC3)n1C1CC1. The molecule has 4 rings (SSSR count). The quantitative estimate of drug-likeness (QED) is 0.562. The van der Waals surface area contributed by atoms with E-state index in [4.69, 9.17) is 0 Å². The number of carbonyl (C=O) groups excluding carboxylic acids is 1. The number of aromatic nitrogens is 3. The summed E-state index contributed by atoms with van der Waals surface area (Å²) in [6.07, 6.45) is 7.17. The molecule has 0 N–H and O–H groups in total. The van der Waals surface area contributed by atoms with Gasteiger partial charge in [-0.05, 0) is 55.7 Å². The summed E-state index contributed by atoms with van der Waals surface area (Å²) < 4.78 is 2.26. The standard InChI is InChI=1S/C20H25N3OS/c1-13(2)19-21-22-20(23(19)17-9-10-17)25-12-18(24)16-8-7-14-5-3-4-6-15(14)11-16/h7-8,11,13,17H,3-6,9-10,12H2,1-2H3. The van der Waals surface area contributed by atoms with Gasteiger partial charge in [0.2, 0.25) is 0 Å². The Hall–Kier alpha value is -1.62. The van der Waals surface area contributed by atoms with Crippen molar-refractivity contribution < 1.29 is 4.79 Å². The normalized spacial score (nSPS) is 16.9. The number of fused-ring (bicyclic) bond motifs is 1. The molecule has 1 saturated carbocycles. The van der Waals surface area contributed by atoms with E-state index in [1.165, 1.54) is 48.6 Å². The highest BCUT2D eigenvalue weighted by molar-refractivity contribution is 7.99. The third kappa shape index (κ3) is 3.52. The van der Waals surface area contributed by atoms with Gasteiger partial charge >= 0.3 is 0 Å². The van der Waals surface area contributed by atoms with Crippen LogP contribution in [0.1, 0.15) is 78.8 Å². The lowest BCUT2D eigenvalue weighted by Gasteiger charge is -2.16. The van der Waals surface area contributed by atoms with Gasteiger partial charge in [-0.25, -0.2) is 0 Å². The molecular formula is C20H25N3OS. The minimum atomic E-state index is 0.190. The lowest BCUT2D eigenvalue weighted by Crippen LogP contribution is -2.09. The molecule has 0 bridgehead atoms. The van der Waals surface area contributed by atoms with Crippen molar-refractivity contribution in [3.8, 4) is 0 Å². The molecule has 1 heterocycles. The van der Waals surface area contributed by atoms with Gasteiger partial charge in [0.15, 0.2) is 10.9 Å². The van der Waals surface area contributed by atoms with Crippen LogP contribution >= 0.6 is 11.8 Å². The highest BCUT2D eigenvalue weighted by atomic mass is 32.2. The van der Waals surface area contributed by atoms with E-state index in [-0.39, 0.29) is 5.78 Å². The van der Waals surface area contributed by atoms with Crippen molar-refractivity contribution in [2.45, 2.75) is 69.5 Å². The predicted molar refractivity (Wildman–Crippen MR) is 101 cm³/mol. The fourth-order valence-electron chi connectivity index (χ4n) is 3.58. The maximum Gasteiger partial charge on any atom is 0.191 e. The smallest absolute Gasteiger partial charge is 0.191 e. The second-order valence-electron chi connectivity index (χ2n) is 7.50. The van der Waals surface area contributed by atoms with Crippen molar-refractivity contribution in [3.05, 3.63) is 40.7 Å². The fourth-order valence-corrected chi connectivity index (χ4v) is 4.48. The van der Waals surface area contributed by atoms with E-state index < -0.39 is 0 Å². The van der Waals surface area contributed by atoms with E-state index >= 15 is 0 Å². The first-order valence-electron chi connectivity index (χ1n) is 9.36. The van der Waals surface area contributed by atoms with Gasteiger partial charge in [-0.1, -0.05) is 37.7 Å². The molecule has 0 atom stereocenters. The molecule has 132 valence electrons. The van der Waals surface area contributed by atoms with E-state index in [1.807, 2.05) is 6.07 Å². The minimum Gasteiger partial charge on any atom is -0.303 e. The topological polar surface area (TPSA) is 47.8 Å². The Morgan fingerprint density at radius 2 is 1.96 bits per heavy atom. The van der Waals surface area contributed by atoms with E-state index in [0.29, 0.717) is 17.7 Å². The van der Waals surface area contributed by atoms with Gasteiger partial charge < -0.3 is 4.57 Å². The van der Waals surface area contributed by atoms with Crippen LogP contribution in [0.25, 0.3) is 0 Å². The van der Waals surface area contributed by atoms with Crippen molar-refractivity contribution in [3.63, 3.8) is 0 Å².